The molecule has 0 bridgehead atoms. The molecule has 1 aliphatic heterocycles. The lowest BCUT2D eigenvalue weighted by Gasteiger charge is -2.19. The fraction of sp³-hybridized carbons (Fsp3) is 0.400. The second kappa shape index (κ2) is 9.34. The van der Waals surface area contributed by atoms with Gasteiger partial charge in [-0.3, -0.25) is 9.79 Å². The van der Waals surface area contributed by atoms with Crippen molar-refractivity contribution < 1.29 is 4.79 Å². The van der Waals surface area contributed by atoms with Crippen LogP contribution in [0.2, 0.25) is 10.2 Å². The molecule has 1 fully saturated rings. The molecule has 2 heterocycles. The molecule has 0 atom stereocenters. The summed E-state index contributed by atoms with van der Waals surface area (Å²) >= 11 is 12.2. The fourth-order valence-electron chi connectivity index (χ4n) is 3.29. The molecule has 1 aromatic carbocycles. The highest BCUT2D eigenvalue weighted by Crippen LogP contribution is 2.25. The highest BCUT2D eigenvalue weighted by molar-refractivity contribution is 6.41. The predicted octanol–water partition coefficient (Wildman–Crippen LogP) is 3.32. The van der Waals surface area contributed by atoms with Crippen molar-refractivity contribution in [1.29, 1.82) is 0 Å². The number of rotatable bonds is 6. The molecule has 8 heteroatoms. The van der Waals surface area contributed by atoms with Crippen molar-refractivity contribution >= 4 is 35.1 Å². The summed E-state index contributed by atoms with van der Waals surface area (Å²) in [6.45, 7) is 2.66. The minimum Gasteiger partial charge on any atom is -0.352 e. The van der Waals surface area contributed by atoms with Gasteiger partial charge in [-0.2, -0.15) is 0 Å². The zero-order chi connectivity index (χ0) is 20.1. The summed E-state index contributed by atoms with van der Waals surface area (Å²) in [5, 5.41) is 7.66. The molecule has 2 N–H and O–H groups in total. The van der Waals surface area contributed by atoms with E-state index in [0.29, 0.717) is 42.2 Å². The molecule has 0 aliphatic carbocycles. The van der Waals surface area contributed by atoms with Crippen LogP contribution in [0.5, 0.6) is 0 Å². The monoisotopic (exact) mass is 421 g/mol. The van der Waals surface area contributed by atoms with Gasteiger partial charge < -0.3 is 20.1 Å². The van der Waals surface area contributed by atoms with Crippen LogP contribution < -0.4 is 10.6 Å². The number of likely N-dealkylation sites (tertiary alicyclic amines) is 1. The Morgan fingerprint density at radius 2 is 1.89 bits per heavy atom. The van der Waals surface area contributed by atoms with E-state index in [4.69, 9.17) is 23.2 Å². The number of nitrogens with zero attached hydrogens (tertiary/aromatic N) is 3. The van der Waals surface area contributed by atoms with E-state index in [1.807, 2.05) is 34.7 Å². The van der Waals surface area contributed by atoms with Crippen molar-refractivity contribution in [2.24, 2.45) is 12.0 Å². The Bertz CT molecular complexity index is 877. The van der Waals surface area contributed by atoms with Gasteiger partial charge >= 0.3 is 0 Å². The normalized spacial score (nSPS) is 14.6. The summed E-state index contributed by atoms with van der Waals surface area (Å²) in [4.78, 5) is 18.1. The Balaban J connectivity index is 1.59. The van der Waals surface area contributed by atoms with Gasteiger partial charge in [-0.25, -0.2) is 0 Å². The number of carbonyl (C=O) groups excluding carboxylic acids is 1. The van der Waals surface area contributed by atoms with Gasteiger partial charge in [-0.15, -0.1) is 0 Å². The van der Waals surface area contributed by atoms with Gasteiger partial charge in [0.25, 0.3) is 0 Å². The van der Waals surface area contributed by atoms with Crippen LogP contribution in [0.25, 0.3) is 0 Å². The molecule has 1 aliphatic rings. The largest absolute Gasteiger partial charge is 0.352 e. The first-order chi connectivity index (χ1) is 13.5. The molecule has 150 valence electrons. The van der Waals surface area contributed by atoms with Crippen LogP contribution in [0.1, 0.15) is 29.7 Å². The van der Waals surface area contributed by atoms with Crippen LogP contribution in [-0.4, -0.2) is 34.9 Å². The van der Waals surface area contributed by atoms with Gasteiger partial charge in [-0.1, -0.05) is 47.5 Å². The molecular formula is C20H25Cl2N5O. The molecule has 0 unspecified atom stereocenters. The SMILES string of the molecule is CN=C(NCc1ccccc1CN1CCCC1=O)NCc1cc(Cl)c(Cl)n1C. The maximum atomic E-state index is 11.9. The standard InChI is InChI=1S/C20H25Cl2N5O/c1-23-20(25-12-16-10-17(21)19(22)26(16)2)24-11-14-6-3-4-7-15(14)13-27-9-5-8-18(27)28/h3-4,6-7,10H,5,8-9,11-13H2,1-2H3,(H2,23,24,25). The van der Waals surface area contributed by atoms with Crippen LogP contribution in [0.3, 0.4) is 0 Å². The van der Waals surface area contributed by atoms with E-state index in [1.54, 1.807) is 7.05 Å². The Morgan fingerprint density at radius 1 is 1.18 bits per heavy atom. The van der Waals surface area contributed by atoms with E-state index in [9.17, 15) is 4.79 Å². The molecule has 6 nitrogen and oxygen atoms in total. The van der Waals surface area contributed by atoms with E-state index < -0.39 is 0 Å². The maximum Gasteiger partial charge on any atom is 0.222 e. The van der Waals surface area contributed by atoms with E-state index in [2.05, 4.69) is 27.8 Å². The summed E-state index contributed by atoms with van der Waals surface area (Å²) in [6.07, 6.45) is 1.60. The fourth-order valence-corrected chi connectivity index (χ4v) is 3.71. The van der Waals surface area contributed by atoms with Crippen molar-refractivity contribution in [3.8, 4) is 0 Å². The Labute approximate surface area is 175 Å². The number of nitrogens with one attached hydrogen (secondary N) is 2. The molecule has 1 saturated heterocycles. The van der Waals surface area contributed by atoms with E-state index in [-0.39, 0.29) is 5.91 Å². The number of aromatic nitrogens is 1. The smallest absolute Gasteiger partial charge is 0.222 e. The number of amides is 1. The van der Waals surface area contributed by atoms with Gasteiger partial charge in [0.2, 0.25) is 5.91 Å². The van der Waals surface area contributed by atoms with Crippen LogP contribution in [0.15, 0.2) is 35.3 Å². The van der Waals surface area contributed by atoms with E-state index in [1.165, 1.54) is 0 Å². The first kappa shape index (κ1) is 20.6. The Kier molecular flexibility index (Phi) is 6.86. The average molecular weight is 422 g/mol. The number of aliphatic imine (C=N–C) groups is 1. The second-order valence-electron chi connectivity index (χ2n) is 6.80. The maximum absolute atomic E-state index is 11.9. The lowest BCUT2D eigenvalue weighted by molar-refractivity contribution is -0.128. The Hall–Kier alpha value is -2.18. The first-order valence-electron chi connectivity index (χ1n) is 9.28. The summed E-state index contributed by atoms with van der Waals surface area (Å²) in [5.74, 6) is 0.917. The third-order valence-electron chi connectivity index (χ3n) is 4.97. The van der Waals surface area contributed by atoms with Gasteiger partial charge in [0.05, 0.1) is 11.6 Å². The number of hydrogen-bond donors (Lipinski definition) is 2. The van der Waals surface area contributed by atoms with Crippen molar-refractivity contribution in [1.82, 2.24) is 20.1 Å². The van der Waals surface area contributed by atoms with Crippen molar-refractivity contribution in [3.05, 3.63) is 57.3 Å². The van der Waals surface area contributed by atoms with Crippen LogP contribution in [0, 0.1) is 0 Å². The third kappa shape index (κ3) is 4.80. The topological polar surface area (TPSA) is 61.7 Å². The second-order valence-corrected chi connectivity index (χ2v) is 7.57. The molecule has 0 spiro atoms. The molecule has 3 rings (SSSR count). The lowest BCUT2D eigenvalue weighted by atomic mass is 10.1. The number of benzene rings is 1. The average Bonchev–Trinajstić information content (AvgIpc) is 3.21. The minimum atomic E-state index is 0.236. The highest BCUT2D eigenvalue weighted by atomic mass is 35.5. The zero-order valence-electron chi connectivity index (χ0n) is 16.1. The van der Waals surface area contributed by atoms with Gasteiger partial charge in [-0.05, 0) is 23.6 Å². The van der Waals surface area contributed by atoms with Gasteiger partial charge in [0, 0.05) is 45.8 Å². The summed E-state index contributed by atoms with van der Waals surface area (Å²) < 4.78 is 1.84. The predicted molar refractivity (Wildman–Crippen MR) is 114 cm³/mol. The molecule has 28 heavy (non-hydrogen) atoms. The summed E-state index contributed by atoms with van der Waals surface area (Å²) in [6, 6.07) is 10.0. The number of halogens is 2. The van der Waals surface area contributed by atoms with Crippen molar-refractivity contribution in [2.75, 3.05) is 13.6 Å². The molecule has 0 saturated carbocycles. The number of hydrogen-bond acceptors (Lipinski definition) is 2. The van der Waals surface area contributed by atoms with Crippen LogP contribution in [-0.2, 0) is 31.5 Å². The van der Waals surface area contributed by atoms with Crippen LogP contribution >= 0.6 is 23.2 Å². The highest BCUT2D eigenvalue weighted by Gasteiger charge is 2.20. The minimum absolute atomic E-state index is 0.236. The number of carbonyl (C=O) groups is 1. The van der Waals surface area contributed by atoms with Crippen LogP contribution in [0.4, 0.5) is 0 Å². The van der Waals surface area contributed by atoms with Crippen molar-refractivity contribution in [3.63, 3.8) is 0 Å². The van der Waals surface area contributed by atoms with E-state index in [0.717, 1.165) is 29.8 Å². The third-order valence-corrected chi connectivity index (χ3v) is 5.82. The Morgan fingerprint density at radius 3 is 2.50 bits per heavy atom. The summed E-state index contributed by atoms with van der Waals surface area (Å²) in [5.41, 5.74) is 3.27. The zero-order valence-corrected chi connectivity index (χ0v) is 17.6. The van der Waals surface area contributed by atoms with Gasteiger partial charge in [0.1, 0.15) is 5.15 Å². The lowest BCUT2D eigenvalue weighted by Crippen LogP contribution is -2.37. The van der Waals surface area contributed by atoms with Gasteiger partial charge in [0.15, 0.2) is 5.96 Å². The molecular weight excluding hydrogens is 397 g/mol. The van der Waals surface area contributed by atoms with Crippen molar-refractivity contribution in [2.45, 2.75) is 32.5 Å². The molecule has 2 aromatic rings. The summed E-state index contributed by atoms with van der Waals surface area (Å²) in [7, 11) is 3.60. The molecule has 0 radical (unpaired) electrons. The molecule has 1 amide bonds. The molecule has 1 aromatic heterocycles. The van der Waals surface area contributed by atoms with E-state index >= 15 is 0 Å². The quantitative estimate of drug-likeness (QED) is 0.555. The number of guanidine groups is 1. The first-order valence-corrected chi connectivity index (χ1v) is 10.0.